The Morgan fingerprint density at radius 1 is 1.40 bits per heavy atom. The van der Waals surface area contributed by atoms with E-state index in [0.29, 0.717) is 6.04 Å². The van der Waals surface area contributed by atoms with Gasteiger partial charge in [-0.15, -0.1) is 11.3 Å². The highest BCUT2D eigenvalue weighted by Gasteiger charge is 2.17. The van der Waals surface area contributed by atoms with Gasteiger partial charge in [-0.1, -0.05) is 13.0 Å². The average molecular weight is 290 g/mol. The Balaban J connectivity index is 2.23. The van der Waals surface area contributed by atoms with Crippen molar-refractivity contribution in [2.45, 2.75) is 33.2 Å². The third-order valence-electron chi connectivity index (χ3n) is 3.47. The summed E-state index contributed by atoms with van der Waals surface area (Å²) < 4.78 is 0. The van der Waals surface area contributed by atoms with Gasteiger partial charge >= 0.3 is 0 Å². The zero-order valence-electron chi connectivity index (χ0n) is 12.6. The third-order valence-corrected chi connectivity index (χ3v) is 4.51. The summed E-state index contributed by atoms with van der Waals surface area (Å²) in [5.74, 6) is 1.92. The highest BCUT2D eigenvalue weighted by Crippen LogP contribution is 2.30. The minimum Gasteiger partial charge on any atom is -0.370 e. The summed E-state index contributed by atoms with van der Waals surface area (Å²) in [4.78, 5) is 12.3. The van der Waals surface area contributed by atoms with Gasteiger partial charge in [-0.2, -0.15) is 0 Å². The van der Waals surface area contributed by atoms with E-state index in [0.717, 1.165) is 30.2 Å². The smallest absolute Gasteiger partial charge is 0.137 e. The summed E-state index contributed by atoms with van der Waals surface area (Å²) in [5, 5.41) is 5.47. The Hall–Kier alpha value is -1.62. The molecule has 1 N–H and O–H groups in total. The lowest BCUT2D eigenvalue weighted by Crippen LogP contribution is -2.23. The van der Waals surface area contributed by atoms with Crippen LogP contribution in [0.3, 0.4) is 0 Å². The fourth-order valence-electron chi connectivity index (χ4n) is 2.12. The molecule has 0 aliphatic rings. The zero-order valence-corrected chi connectivity index (χ0v) is 13.4. The van der Waals surface area contributed by atoms with Crippen molar-refractivity contribution in [1.29, 1.82) is 0 Å². The van der Waals surface area contributed by atoms with Crippen LogP contribution in [0, 0.1) is 6.92 Å². The topological polar surface area (TPSA) is 41.1 Å². The molecule has 0 bridgehead atoms. The second-order valence-corrected chi connectivity index (χ2v) is 5.88. The van der Waals surface area contributed by atoms with Crippen molar-refractivity contribution in [1.82, 2.24) is 9.97 Å². The van der Waals surface area contributed by atoms with E-state index in [4.69, 9.17) is 0 Å². The number of rotatable bonds is 6. The number of aromatic nitrogens is 2. The molecule has 0 fully saturated rings. The summed E-state index contributed by atoms with van der Waals surface area (Å²) in [7, 11) is 2.09. The maximum atomic E-state index is 4.46. The molecular formula is C15H22N4S. The van der Waals surface area contributed by atoms with E-state index in [1.54, 1.807) is 17.7 Å². The van der Waals surface area contributed by atoms with Gasteiger partial charge in [-0.25, -0.2) is 9.97 Å². The Morgan fingerprint density at radius 2 is 2.20 bits per heavy atom. The summed E-state index contributed by atoms with van der Waals surface area (Å²) in [6.07, 6.45) is 2.72. The fourth-order valence-corrected chi connectivity index (χ4v) is 2.95. The van der Waals surface area contributed by atoms with Crippen LogP contribution >= 0.6 is 11.3 Å². The molecule has 0 radical (unpaired) electrons. The molecule has 0 spiro atoms. The van der Waals surface area contributed by atoms with Gasteiger partial charge in [0.2, 0.25) is 0 Å². The molecule has 2 aromatic heterocycles. The Morgan fingerprint density at radius 3 is 2.85 bits per heavy atom. The van der Waals surface area contributed by atoms with Crippen LogP contribution in [0.15, 0.2) is 23.8 Å². The lowest BCUT2D eigenvalue weighted by Gasteiger charge is -2.27. The molecule has 0 aliphatic carbocycles. The molecule has 0 aliphatic heterocycles. The molecule has 4 nitrogen and oxygen atoms in total. The maximum absolute atomic E-state index is 4.46. The monoisotopic (exact) mass is 290 g/mol. The Bertz CT molecular complexity index is 539. The molecule has 1 atom stereocenters. The number of anilines is 2. The maximum Gasteiger partial charge on any atom is 0.137 e. The molecule has 0 saturated carbocycles. The first kappa shape index (κ1) is 14.8. The molecule has 5 heteroatoms. The van der Waals surface area contributed by atoms with Gasteiger partial charge in [0.1, 0.15) is 18.0 Å². The largest absolute Gasteiger partial charge is 0.370 e. The third kappa shape index (κ3) is 3.10. The molecule has 108 valence electrons. The lowest BCUT2D eigenvalue weighted by molar-refractivity contribution is 0.737. The van der Waals surface area contributed by atoms with E-state index >= 15 is 0 Å². The van der Waals surface area contributed by atoms with E-state index in [1.165, 1.54) is 4.88 Å². The van der Waals surface area contributed by atoms with E-state index < -0.39 is 0 Å². The van der Waals surface area contributed by atoms with Gasteiger partial charge in [0.15, 0.2) is 0 Å². The van der Waals surface area contributed by atoms with Crippen LogP contribution < -0.4 is 10.2 Å². The molecule has 2 rings (SSSR count). The van der Waals surface area contributed by atoms with Crippen LogP contribution in [0.5, 0.6) is 0 Å². The number of thiophene rings is 1. The van der Waals surface area contributed by atoms with Gasteiger partial charge < -0.3 is 10.2 Å². The van der Waals surface area contributed by atoms with Gasteiger partial charge in [-0.3, -0.25) is 0 Å². The van der Waals surface area contributed by atoms with E-state index in [9.17, 15) is 0 Å². The average Bonchev–Trinajstić information content (AvgIpc) is 2.99. The molecule has 1 unspecified atom stereocenters. The summed E-state index contributed by atoms with van der Waals surface area (Å²) in [6.45, 7) is 7.36. The summed E-state index contributed by atoms with van der Waals surface area (Å²) >= 11 is 1.78. The molecule has 20 heavy (non-hydrogen) atoms. The van der Waals surface area contributed by atoms with Crippen molar-refractivity contribution in [3.8, 4) is 0 Å². The second kappa shape index (κ2) is 6.70. The van der Waals surface area contributed by atoms with E-state index in [2.05, 4.69) is 65.5 Å². The van der Waals surface area contributed by atoms with Crippen LogP contribution in [0.25, 0.3) is 0 Å². The van der Waals surface area contributed by atoms with Crippen molar-refractivity contribution in [3.63, 3.8) is 0 Å². The first-order chi connectivity index (χ1) is 9.65. The van der Waals surface area contributed by atoms with Crippen molar-refractivity contribution >= 4 is 23.0 Å². The number of hydrogen-bond donors (Lipinski definition) is 1. The predicted molar refractivity (Wildman–Crippen MR) is 86.7 cm³/mol. The lowest BCUT2D eigenvalue weighted by atomic mass is 10.2. The number of nitrogens with one attached hydrogen (secondary N) is 1. The molecule has 2 heterocycles. The number of hydrogen-bond acceptors (Lipinski definition) is 5. The zero-order chi connectivity index (χ0) is 14.5. The molecule has 0 saturated heterocycles. The molecule has 0 aromatic carbocycles. The van der Waals surface area contributed by atoms with Gasteiger partial charge in [0, 0.05) is 24.0 Å². The molecule has 0 amide bonds. The quantitative estimate of drug-likeness (QED) is 0.877. The second-order valence-electron chi connectivity index (χ2n) is 4.90. The van der Waals surface area contributed by atoms with Crippen molar-refractivity contribution in [2.75, 3.05) is 23.8 Å². The van der Waals surface area contributed by atoms with Gasteiger partial charge in [0.25, 0.3) is 0 Å². The Kier molecular flexibility index (Phi) is 4.95. The minimum absolute atomic E-state index is 0.308. The Labute approximate surface area is 124 Å². The highest BCUT2D eigenvalue weighted by atomic mass is 32.1. The standard InChI is InChI=1S/C15H22N4S/c1-5-8-16-14-11(2)15(18-10-17-14)19(4)12(3)13-7-6-9-20-13/h6-7,9-10,12H,5,8H2,1-4H3,(H,16,17,18). The van der Waals surface area contributed by atoms with Crippen molar-refractivity contribution < 1.29 is 0 Å². The van der Waals surface area contributed by atoms with E-state index in [-0.39, 0.29) is 0 Å². The van der Waals surface area contributed by atoms with Crippen LogP contribution in [0.2, 0.25) is 0 Å². The van der Waals surface area contributed by atoms with Crippen LogP contribution in [0.1, 0.15) is 36.8 Å². The van der Waals surface area contributed by atoms with Crippen LogP contribution in [-0.4, -0.2) is 23.6 Å². The van der Waals surface area contributed by atoms with Gasteiger partial charge in [0.05, 0.1) is 6.04 Å². The first-order valence-corrected chi connectivity index (χ1v) is 7.84. The normalized spacial score (nSPS) is 12.2. The SMILES string of the molecule is CCCNc1ncnc(N(C)C(C)c2cccs2)c1C. The van der Waals surface area contributed by atoms with Crippen molar-refractivity contribution in [2.24, 2.45) is 0 Å². The van der Waals surface area contributed by atoms with Crippen molar-refractivity contribution in [3.05, 3.63) is 34.3 Å². The van der Waals surface area contributed by atoms with E-state index in [1.807, 2.05) is 0 Å². The predicted octanol–water partition coefficient (Wildman–Crippen LogP) is 3.87. The van der Waals surface area contributed by atoms with Crippen LogP contribution in [0.4, 0.5) is 11.6 Å². The highest BCUT2D eigenvalue weighted by molar-refractivity contribution is 7.10. The number of nitrogens with zero attached hydrogens (tertiary/aromatic N) is 3. The first-order valence-electron chi connectivity index (χ1n) is 6.96. The summed E-state index contributed by atoms with van der Waals surface area (Å²) in [6, 6.07) is 4.56. The summed E-state index contributed by atoms with van der Waals surface area (Å²) in [5.41, 5.74) is 1.10. The fraction of sp³-hybridized carbons (Fsp3) is 0.467. The minimum atomic E-state index is 0.308. The molecule has 2 aromatic rings. The van der Waals surface area contributed by atoms with Crippen LogP contribution in [-0.2, 0) is 0 Å². The molecular weight excluding hydrogens is 268 g/mol. The van der Waals surface area contributed by atoms with Gasteiger partial charge in [-0.05, 0) is 31.7 Å².